The number of hydrogen-bond acceptors (Lipinski definition) is 16. The quantitative estimate of drug-likeness (QED) is 0.0291. The highest BCUT2D eigenvalue weighted by Crippen LogP contribution is 2.29. The van der Waals surface area contributed by atoms with E-state index >= 15 is 0 Å². The lowest BCUT2D eigenvalue weighted by Crippen LogP contribution is -2.03. The average molecular weight is 1160 g/mol. The van der Waals surface area contributed by atoms with Gasteiger partial charge in [-0.15, -0.1) is 0 Å². The van der Waals surface area contributed by atoms with Crippen LogP contribution < -0.4 is 28.4 Å². The zero-order valence-electron chi connectivity index (χ0n) is 42.4. The lowest BCUT2D eigenvalue weighted by molar-refractivity contribution is 0.323. The minimum Gasteiger partial charge on any atom is -0.508 e. The molecule has 0 aliphatic heterocycles. The molecule has 0 saturated heterocycles. The molecular formula is C60H52O16S4. The molecule has 0 unspecified atom stereocenters. The Balaban J connectivity index is 0.697. The van der Waals surface area contributed by atoms with Gasteiger partial charge in [-0.25, -0.2) is 33.7 Å². The van der Waals surface area contributed by atoms with Crippen LogP contribution in [0.15, 0.2) is 270 Å². The second-order valence-corrected chi connectivity index (χ2v) is 25.0. The van der Waals surface area contributed by atoms with E-state index in [0.717, 1.165) is 0 Å². The lowest BCUT2D eigenvalue weighted by Gasteiger charge is -2.08. The fourth-order valence-corrected chi connectivity index (χ4v) is 12.4. The van der Waals surface area contributed by atoms with Gasteiger partial charge in [-0.2, -0.15) is 0 Å². The molecule has 2 N–H and O–H groups in total. The minimum absolute atomic E-state index is 0.0285. The van der Waals surface area contributed by atoms with Crippen molar-refractivity contribution in [3.63, 3.8) is 0 Å². The Morgan fingerprint density at radius 3 is 0.738 bits per heavy atom. The van der Waals surface area contributed by atoms with Crippen molar-refractivity contribution in [2.75, 3.05) is 26.4 Å². The van der Waals surface area contributed by atoms with E-state index in [4.69, 9.17) is 28.4 Å². The van der Waals surface area contributed by atoms with Crippen molar-refractivity contribution in [1.82, 2.24) is 0 Å². The summed E-state index contributed by atoms with van der Waals surface area (Å²) in [4.78, 5) is 0.643. The molecule has 0 fully saturated rings. The molecule has 8 aromatic carbocycles. The largest absolute Gasteiger partial charge is 0.508 e. The Kier molecular flexibility index (Phi) is 18.8. The maximum Gasteiger partial charge on any atom is 0.206 e. The first-order valence-electron chi connectivity index (χ1n) is 24.5. The van der Waals surface area contributed by atoms with Gasteiger partial charge in [-0.05, 0) is 218 Å². The zero-order chi connectivity index (χ0) is 56.6. The maximum atomic E-state index is 13.3. The molecule has 0 aliphatic rings. The molecule has 0 bridgehead atoms. The number of rotatable bonds is 26. The standard InChI is InChI=1S/C60H52O16S4/c61-45-7-23-53(24-8-45)77(63,64)55-27-11-47(12-28-55)71-39-1-3-41-73-49-15-31-57(32-16-49)79(67,68)59-35-19-51(20-36-59)75-43-5-6-44-76-52-21-37-60(38-22-52)80(69,70)58-33-17-50(18-34-58)74-42-4-2-40-72-48-13-29-56(30-14-48)78(65,66)54-25-9-46(62)10-26-54/h3-38,41-42,61-62H,1-2,39-40,43-44H2/b6-5-,41-3?,42-4?. The van der Waals surface area contributed by atoms with Gasteiger partial charge in [0.25, 0.3) is 0 Å². The maximum absolute atomic E-state index is 13.3. The van der Waals surface area contributed by atoms with E-state index in [1.165, 1.54) is 134 Å². The Morgan fingerprint density at radius 1 is 0.275 bits per heavy atom. The normalized spacial score (nSPS) is 12.2. The predicted octanol–water partition coefficient (Wildman–Crippen LogP) is 11.2. The number of benzene rings is 8. The molecule has 0 atom stereocenters. The van der Waals surface area contributed by atoms with Crippen molar-refractivity contribution < 1.29 is 72.3 Å². The third-order valence-corrected chi connectivity index (χ3v) is 18.8. The van der Waals surface area contributed by atoms with Crippen molar-refractivity contribution >= 4 is 39.3 Å². The van der Waals surface area contributed by atoms with Gasteiger partial charge in [0.2, 0.25) is 39.3 Å². The summed E-state index contributed by atoms with van der Waals surface area (Å²) in [5, 5.41) is 18.9. The SMILES string of the molecule is O=S(=O)(c1ccc(OC=CCCOc2ccc(S(=O)(=O)c3ccc(O)cc3)cc2)cc1)c1ccc(OC/C=C\COc2ccc(S(=O)(=O)c3ccc(OC=CCCOc4ccc(S(=O)(=O)c5ccc(O)cc5)cc4)cc3)cc2)cc1. The first-order valence-corrected chi connectivity index (χ1v) is 30.4. The van der Waals surface area contributed by atoms with E-state index in [-0.39, 0.29) is 63.9 Å². The van der Waals surface area contributed by atoms with Crippen LogP contribution in [-0.4, -0.2) is 70.3 Å². The molecule has 0 heterocycles. The summed E-state index contributed by atoms with van der Waals surface area (Å²) in [7, 11) is -15.2. The van der Waals surface area contributed by atoms with Gasteiger partial charge in [0, 0.05) is 12.8 Å². The van der Waals surface area contributed by atoms with Crippen LogP contribution in [0.1, 0.15) is 12.8 Å². The molecule has 0 aliphatic carbocycles. The summed E-state index contributed by atoms with van der Waals surface area (Å²) in [6, 6.07) is 46.7. The predicted molar refractivity (Wildman–Crippen MR) is 297 cm³/mol. The molecular weight excluding hydrogens is 1100 g/mol. The van der Waals surface area contributed by atoms with Crippen LogP contribution in [0.25, 0.3) is 0 Å². The number of hydrogen-bond donors (Lipinski definition) is 2. The number of phenols is 2. The van der Waals surface area contributed by atoms with Crippen LogP contribution >= 0.6 is 0 Å². The first kappa shape index (κ1) is 57.4. The Bertz CT molecular complexity index is 3630. The topological polar surface area (TPSA) is 232 Å². The fraction of sp³-hybridized carbons (Fsp3) is 0.100. The smallest absolute Gasteiger partial charge is 0.206 e. The first-order chi connectivity index (χ1) is 38.5. The van der Waals surface area contributed by atoms with Crippen LogP contribution in [0, 0.1) is 0 Å². The van der Waals surface area contributed by atoms with Crippen LogP contribution in [0.3, 0.4) is 0 Å². The molecule has 16 nitrogen and oxygen atoms in total. The van der Waals surface area contributed by atoms with Gasteiger partial charge >= 0.3 is 0 Å². The van der Waals surface area contributed by atoms with Crippen LogP contribution in [0.2, 0.25) is 0 Å². The van der Waals surface area contributed by atoms with Gasteiger partial charge in [-0.1, -0.05) is 0 Å². The summed E-state index contributed by atoms with van der Waals surface area (Å²) in [5.41, 5.74) is 0. The molecule has 412 valence electrons. The highest BCUT2D eigenvalue weighted by molar-refractivity contribution is 7.92. The van der Waals surface area contributed by atoms with E-state index in [1.807, 2.05) is 0 Å². The van der Waals surface area contributed by atoms with Gasteiger partial charge in [0.15, 0.2) is 0 Å². The summed E-state index contributed by atoms with van der Waals surface area (Å²) < 4.78 is 139. The summed E-state index contributed by atoms with van der Waals surface area (Å²) in [6.45, 7) is 0.935. The van der Waals surface area contributed by atoms with E-state index in [0.29, 0.717) is 60.6 Å². The van der Waals surface area contributed by atoms with Crippen molar-refractivity contribution in [2.24, 2.45) is 0 Å². The Labute approximate surface area is 464 Å². The van der Waals surface area contributed by atoms with Crippen LogP contribution in [-0.2, 0) is 39.3 Å². The highest BCUT2D eigenvalue weighted by Gasteiger charge is 2.21. The lowest BCUT2D eigenvalue weighted by atomic mass is 10.3. The molecule has 0 radical (unpaired) electrons. The zero-order valence-corrected chi connectivity index (χ0v) is 45.7. The third kappa shape index (κ3) is 15.0. The van der Waals surface area contributed by atoms with Gasteiger partial charge in [0.05, 0.1) is 64.9 Å². The number of sulfone groups is 4. The van der Waals surface area contributed by atoms with E-state index in [9.17, 15) is 43.9 Å². The van der Waals surface area contributed by atoms with E-state index in [2.05, 4.69) is 0 Å². The summed E-state index contributed by atoms with van der Waals surface area (Å²) in [6.07, 6.45) is 10.8. The van der Waals surface area contributed by atoms with Crippen molar-refractivity contribution in [3.8, 4) is 46.0 Å². The molecule has 8 aromatic rings. The molecule has 0 aromatic heterocycles. The minimum atomic E-state index is -3.84. The number of ether oxygens (including phenoxy) is 6. The fourth-order valence-electron chi connectivity index (χ4n) is 7.35. The molecule has 8 rings (SSSR count). The molecule has 0 saturated carbocycles. The monoisotopic (exact) mass is 1160 g/mol. The van der Waals surface area contributed by atoms with E-state index < -0.39 is 39.3 Å². The van der Waals surface area contributed by atoms with Gasteiger partial charge in [0.1, 0.15) is 59.2 Å². The second-order valence-electron chi connectivity index (χ2n) is 17.2. The number of phenolic OH excluding ortho intramolecular Hbond substituents is 2. The van der Waals surface area contributed by atoms with Crippen molar-refractivity contribution in [2.45, 2.75) is 52.0 Å². The van der Waals surface area contributed by atoms with E-state index in [1.54, 1.807) is 97.1 Å². The van der Waals surface area contributed by atoms with Crippen molar-refractivity contribution in [1.29, 1.82) is 0 Å². The summed E-state index contributed by atoms with van der Waals surface area (Å²) >= 11 is 0. The summed E-state index contributed by atoms with van der Waals surface area (Å²) in [5.74, 6) is 2.66. The molecule has 0 spiro atoms. The Hall–Kier alpha value is -8.82. The molecule has 80 heavy (non-hydrogen) atoms. The van der Waals surface area contributed by atoms with Crippen molar-refractivity contribution in [3.05, 3.63) is 231 Å². The van der Waals surface area contributed by atoms with Gasteiger partial charge < -0.3 is 38.6 Å². The van der Waals surface area contributed by atoms with Crippen LogP contribution in [0.4, 0.5) is 0 Å². The van der Waals surface area contributed by atoms with Crippen LogP contribution in [0.5, 0.6) is 46.0 Å². The number of aromatic hydroxyl groups is 2. The molecule has 20 heteroatoms. The van der Waals surface area contributed by atoms with Gasteiger partial charge in [-0.3, -0.25) is 0 Å². The third-order valence-electron chi connectivity index (χ3n) is 11.7. The second kappa shape index (κ2) is 26.2. The Morgan fingerprint density at radius 2 is 0.487 bits per heavy atom. The highest BCUT2D eigenvalue weighted by atomic mass is 32.2. The molecule has 0 amide bonds. The average Bonchev–Trinajstić information content (AvgIpc) is 3.47.